The molecule has 0 aliphatic heterocycles. The lowest BCUT2D eigenvalue weighted by Crippen LogP contribution is -2.07. The van der Waals surface area contributed by atoms with Gasteiger partial charge in [0.1, 0.15) is 17.5 Å². The average molecular weight is 330 g/mol. The van der Waals surface area contributed by atoms with Crippen molar-refractivity contribution in [2.75, 3.05) is 5.73 Å². The summed E-state index contributed by atoms with van der Waals surface area (Å²) in [5, 5.41) is 0. The third kappa shape index (κ3) is 2.63. The van der Waals surface area contributed by atoms with Crippen LogP contribution in [0.1, 0.15) is 15.9 Å². The van der Waals surface area contributed by atoms with Crippen molar-refractivity contribution in [3.05, 3.63) is 63.4 Å². The minimum atomic E-state index is -0.860. The highest BCUT2D eigenvalue weighted by molar-refractivity contribution is 9.10. The van der Waals surface area contributed by atoms with Crippen molar-refractivity contribution in [1.82, 2.24) is 0 Å². The number of benzene rings is 2. The molecule has 0 bridgehead atoms. The maximum atomic E-state index is 13.5. The van der Waals surface area contributed by atoms with Crippen molar-refractivity contribution in [1.29, 1.82) is 0 Å². The molecule has 0 unspecified atom stereocenters. The van der Waals surface area contributed by atoms with Gasteiger partial charge in [-0.05, 0) is 46.3 Å². The summed E-state index contributed by atoms with van der Waals surface area (Å²) in [5.41, 5.74) is 4.63. The van der Waals surface area contributed by atoms with Gasteiger partial charge in [-0.15, -0.1) is 0 Å². The molecule has 2 aromatic rings. The quantitative estimate of drug-likeness (QED) is 0.674. The van der Waals surface area contributed by atoms with E-state index in [1.807, 2.05) is 0 Å². The fraction of sp³-hybridized carbons (Fsp3) is 0. The molecule has 0 aromatic heterocycles. The first-order valence-corrected chi connectivity index (χ1v) is 5.93. The largest absolute Gasteiger partial charge is 0.396 e. The van der Waals surface area contributed by atoms with Gasteiger partial charge in [-0.2, -0.15) is 0 Å². The topological polar surface area (TPSA) is 43.1 Å². The van der Waals surface area contributed by atoms with Crippen LogP contribution in [0.2, 0.25) is 0 Å². The van der Waals surface area contributed by atoms with Gasteiger partial charge in [-0.25, -0.2) is 13.2 Å². The fourth-order valence-corrected chi connectivity index (χ4v) is 2.05. The summed E-state index contributed by atoms with van der Waals surface area (Å²) >= 11 is 2.99. The molecular formula is C13H7BrF3NO. The Morgan fingerprint density at radius 2 is 1.68 bits per heavy atom. The fourth-order valence-electron chi connectivity index (χ4n) is 1.56. The third-order valence-corrected chi connectivity index (χ3v) is 3.16. The molecule has 0 aliphatic carbocycles. The van der Waals surface area contributed by atoms with E-state index in [1.165, 1.54) is 0 Å². The predicted octanol–water partition coefficient (Wildman–Crippen LogP) is 3.68. The molecule has 0 aliphatic rings. The molecule has 0 amide bonds. The average Bonchev–Trinajstić information content (AvgIpc) is 2.36. The number of carbonyl (C=O) groups is 1. The summed E-state index contributed by atoms with van der Waals surface area (Å²) in [6.07, 6.45) is 0. The number of anilines is 1. The van der Waals surface area contributed by atoms with E-state index in [2.05, 4.69) is 15.9 Å². The number of hydrogen-bond acceptors (Lipinski definition) is 2. The Balaban J connectivity index is 2.56. The second-order valence-corrected chi connectivity index (χ2v) is 4.66. The molecule has 2 rings (SSSR count). The summed E-state index contributed by atoms with van der Waals surface area (Å²) in [7, 11) is 0. The zero-order chi connectivity index (χ0) is 14.2. The highest BCUT2D eigenvalue weighted by Crippen LogP contribution is 2.26. The zero-order valence-electron chi connectivity index (χ0n) is 9.38. The van der Waals surface area contributed by atoms with E-state index in [-0.39, 0.29) is 15.7 Å². The minimum Gasteiger partial charge on any atom is -0.396 e. The summed E-state index contributed by atoms with van der Waals surface area (Å²) in [6.45, 7) is 0. The van der Waals surface area contributed by atoms with E-state index in [0.717, 1.165) is 30.3 Å². The SMILES string of the molecule is Nc1cc(C(=O)c2cc(F)ccc2F)c(Br)cc1F. The van der Waals surface area contributed by atoms with E-state index in [4.69, 9.17) is 5.73 Å². The van der Waals surface area contributed by atoms with Gasteiger partial charge in [-0.1, -0.05) is 0 Å². The number of halogens is 4. The van der Waals surface area contributed by atoms with E-state index in [1.54, 1.807) is 0 Å². The van der Waals surface area contributed by atoms with Gasteiger partial charge >= 0.3 is 0 Å². The zero-order valence-corrected chi connectivity index (χ0v) is 11.0. The van der Waals surface area contributed by atoms with Crippen LogP contribution in [0.15, 0.2) is 34.8 Å². The highest BCUT2D eigenvalue weighted by Gasteiger charge is 2.19. The maximum absolute atomic E-state index is 13.5. The van der Waals surface area contributed by atoms with Crippen LogP contribution in [0, 0.1) is 17.5 Å². The Kier molecular flexibility index (Phi) is 3.61. The Bertz CT molecular complexity index is 673. The van der Waals surface area contributed by atoms with E-state index in [9.17, 15) is 18.0 Å². The van der Waals surface area contributed by atoms with Crippen molar-refractivity contribution in [2.45, 2.75) is 0 Å². The number of rotatable bonds is 2. The smallest absolute Gasteiger partial charge is 0.197 e. The van der Waals surface area contributed by atoms with Gasteiger partial charge in [-0.3, -0.25) is 4.79 Å². The molecule has 2 nitrogen and oxygen atoms in total. The molecule has 0 spiro atoms. The van der Waals surface area contributed by atoms with Crippen molar-refractivity contribution in [2.24, 2.45) is 0 Å². The third-order valence-electron chi connectivity index (χ3n) is 2.50. The van der Waals surface area contributed by atoms with Crippen LogP contribution in [0.3, 0.4) is 0 Å². The van der Waals surface area contributed by atoms with Crippen LogP contribution < -0.4 is 5.73 Å². The predicted molar refractivity (Wildman–Crippen MR) is 68.3 cm³/mol. The molecule has 0 saturated heterocycles. The second-order valence-electron chi connectivity index (χ2n) is 3.81. The molecule has 98 valence electrons. The second kappa shape index (κ2) is 5.05. The Morgan fingerprint density at radius 3 is 2.37 bits per heavy atom. The van der Waals surface area contributed by atoms with Gasteiger partial charge in [0.2, 0.25) is 0 Å². The first kappa shape index (κ1) is 13.6. The van der Waals surface area contributed by atoms with Crippen molar-refractivity contribution >= 4 is 27.4 Å². The summed E-state index contributed by atoms with van der Waals surface area (Å²) in [4.78, 5) is 12.1. The maximum Gasteiger partial charge on any atom is 0.197 e. The Morgan fingerprint density at radius 1 is 1.00 bits per heavy atom. The summed E-state index contributed by atoms with van der Waals surface area (Å²) < 4.78 is 39.8. The first-order chi connectivity index (χ1) is 8.90. The number of hydrogen-bond donors (Lipinski definition) is 1. The van der Waals surface area contributed by atoms with Gasteiger partial charge in [0.15, 0.2) is 5.78 Å². The molecule has 19 heavy (non-hydrogen) atoms. The van der Waals surface area contributed by atoms with Crippen molar-refractivity contribution in [3.8, 4) is 0 Å². The molecular weight excluding hydrogens is 323 g/mol. The molecule has 0 fully saturated rings. The monoisotopic (exact) mass is 329 g/mol. The number of nitrogen functional groups attached to an aromatic ring is 1. The van der Waals surface area contributed by atoms with Gasteiger partial charge in [0.05, 0.1) is 11.3 Å². The van der Waals surface area contributed by atoms with Crippen LogP contribution in [0.5, 0.6) is 0 Å². The molecule has 0 heterocycles. The molecule has 0 radical (unpaired) electrons. The van der Waals surface area contributed by atoms with Gasteiger partial charge in [0, 0.05) is 10.0 Å². The number of nitrogens with two attached hydrogens (primary N) is 1. The van der Waals surface area contributed by atoms with E-state index < -0.39 is 28.8 Å². The van der Waals surface area contributed by atoms with Crippen LogP contribution in [-0.4, -0.2) is 5.78 Å². The standard InChI is InChI=1S/C13H7BrF3NO/c14-9-5-11(17)12(18)4-7(9)13(19)8-3-6(15)1-2-10(8)16/h1-5H,18H2. The molecule has 0 atom stereocenters. The molecule has 2 N–H and O–H groups in total. The van der Waals surface area contributed by atoms with Crippen LogP contribution >= 0.6 is 15.9 Å². The minimum absolute atomic E-state index is 0.0385. The van der Waals surface area contributed by atoms with E-state index >= 15 is 0 Å². The lowest BCUT2D eigenvalue weighted by Gasteiger charge is -2.07. The van der Waals surface area contributed by atoms with Crippen LogP contribution in [-0.2, 0) is 0 Å². The lowest BCUT2D eigenvalue weighted by atomic mass is 10.0. The molecule has 6 heteroatoms. The first-order valence-electron chi connectivity index (χ1n) is 5.14. The van der Waals surface area contributed by atoms with Gasteiger partial charge < -0.3 is 5.73 Å². The Labute approximate surface area is 115 Å². The Hall–Kier alpha value is -1.82. The van der Waals surface area contributed by atoms with Gasteiger partial charge in [0.25, 0.3) is 0 Å². The molecule has 2 aromatic carbocycles. The highest BCUT2D eigenvalue weighted by atomic mass is 79.9. The van der Waals surface area contributed by atoms with Crippen molar-refractivity contribution in [3.63, 3.8) is 0 Å². The normalized spacial score (nSPS) is 10.5. The summed E-state index contributed by atoms with van der Waals surface area (Å²) in [6, 6.07) is 4.61. The molecule has 0 saturated carbocycles. The van der Waals surface area contributed by atoms with Crippen LogP contribution in [0.4, 0.5) is 18.9 Å². The number of carbonyl (C=O) groups excluding carboxylic acids is 1. The number of ketones is 1. The van der Waals surface area contributed by atoms with E-state index in [0.29, 0.717) is 0 Å². The van der Waals surface area contributed by atoms with Crippen molar-refractivity contribution < 1.29 is 18.0 Å². The lowest BCUT2D eigenvalue weighted by molar-refractivity contribution is 0.103. The van der Waals surface area contributed by atoms with Crippen LogP contribution in [0.25, 0.3) is 0 Å². The summed E-state index contributed by atoms with van der Waals surface area (Å²) in [5.74, 6) is -3.09.